The Bertz CT molecular complexity index is 17.8. The molecule has 0 saturated carbocycles. The van der Waals surface area contributed by atoms with Crippen molar-refractivity contribution in [3.8, 4) is 0 Å². The molecular weight excluding hydrogens is 679 g/mol. The van der Waals surface area contributed by atoms with E-state index >= 15 is 0 Å². The first-order valence-electron chi connectivity index (χ1n) is 0. The van der Waals surface area contributed by atoms with Crippen LogP contribution in [-0.2, 0) is 37.1 Å². The Kier molecular flexibility index (Phi) is 2070. The van der Waals surface area contributed by atoms with Crippen molar-refractivity contribution in [3.63, 3.8) is 0 Å². The van der Waals surface area contributed by atoms with Crippen molar-refractivity contribution in [3.05, 3.63) is 0 Å². The van der Waals surface area contributed by atoms with Crippen LogP contribution >= 0.6 is 0 Å². The Morgan fingerprint density at radius 1 is 0.250 bits per heavy atom. The average molecular weight is 679 g/mol. The first-order chi connectivity index (χ1) is 0. The smallest absolute Gasteiger partial charge is 0 e. The molecule has 0 nitrogen and oxygen atoms in total. The Labute approximate surface area is 181 Å². The Morgan fingerprint density at radius 3 is 0.250 bits per heavy atom. The third kappa shape index (κ3) is 117. The molecule has 12 heteroatoms. The topological polar surface area (TPSA) is 0 Å². The first kappa shape index (κ1) is 173. The molecule has 0 heterocycles. The van der Waals surface area contributed by atoms with E-state index in [0.29, 0.717) is 0 Å². The van der Waals surface area contributed by atoms with Crippen molar-refractivity contribution in [2.75, 3.05) is 0 Å². The Hall–Kier alpha value is 5.02. The van der Waals surface area contributed by atoms with Crippen molar-refractivity contribution in [2.45, 2.75) is 0 Å². The van der Waals surface area contributed by atoms with Gasteiger partial charge in [0.05, 0.1) is 0 Å². The second kappa shape index (κ2) is 143. The molecular formula is Br5Cl5V2-10. The van der Waals surface area contributed by atoms with Gasteiger partial charge in [-0.15, -0.1) is 0 Å². The van der Waals surface area contributed by atoms with Crippen LogP contribution in [0.5, 0.6) is 0 Å². The quantitative estimate of drug-likeness (QED) is 0.239. The second-order valence-electron chi connectivity index (χ2n) is 0. The standard InChI is InChI=1S/5BrH.5ClH.2V/h10*1H;;/p-10. The van der Waals surface area contributed by atoms with Crippen LogP contribution in [-0.4, -0.2) is 0 Å². The summed E-state index contributed by atoms with van der Waals surface area (Å²) in [5.41, 5.74) is 0. The summed E-state index contributed by atoms with van der Waals surface area (Å²) in [4.78, 5) is 0. The molecule has 12 heavy (non-hydrogen) atoms. The van der Waals surface area contributed by atoms with Gasteiger partial charge in [0.1, 0.15) is 0 Å². The molecule has 0 saturated heterocycles. The van der Waals surface area contributed by atoms with Gasteiger partial charge < -0.3 is 147 Å². The van der Waals surface area contributed by atoms with E-state index in [1.54, 1.807) is 0 Å². The zero-order valence-electron chi connectivity index (χ0n) is 4.67. The van der Waals surface area contributed by atoms with E-state index in [2.05, 4.69) is 0 Å². The van der Waals surface area contributed by atoms with Crippen LogP contribution in [0.4, 0.5) is 0 Å². The minimum atomic E-state index is 0. The molecule has 0 aromatic rings. The molecule has 0 rings (SSSR count). The molecule has 0 aliphatic heterocycles. The zero-order chi connectivity index (χ0) is 0. The van der Waals surface area contributed by atoms with Gasteiger partial charge in [-0.2, -0.15) is 0 Å². The summed E-state index contributed by atoms with van der Waals surface area (Å²) in [6, 6.07) is 0. The molecule has 0 aliphatic carbocycles. The third-order valence-electron chi connectivity index (χ3n) is 0. The molecule has 0 aliphatic rings. The predicted molar refractivity (Wildman–Crippen MR) is 0 cm³/mol. The molecule has 0 spiro atoms. The average Bonchev–Trinajstić information content (AvgIpc) is 0. The van der Waals surface area contributed by atoms with E-state index in [1.165, 1.54) is 0 Å². The van der Waals surface area contributed by atoms with E-state index in [0.717, 1.165) is 0 Å². The van der Waals surface area contributed by atoms with Gasteiger partial charge in [0.25, 0.3) is 0 Å². The summed E-state index contributed by atoms with van der Waals surface area (Å²) >= 11 is 0. The molecule has 0 unspecified atom stereocenters. The van der Waals surface area contributed by atoms with Crippen LogP contribution in [0.15, 0.2) is 0 Å². The Balaban J connectivity index is 0. The summed E-state index contributed by atoms with van der Waals surface area (Å²) in [6.07, 6.45) is 0. The maximum absolute atomic E-state index is 0. The van der Waals surface area contributed by atoms with Crippen molar-refractivity contribution >= 4 is 0 Å². The van der Waals surface area contributed by atoms with Crippen LogP contribution in [0.2, 0.25) is 0 Å². The zero-order valence-corrected chi connectivity index (χ0v) is 19.2. The third-order valence-corrected chi connectivity index (χ3v) is 0. The number of hydrogen-bond donors (Lipinski definition) is 0. The summed E-state index contributed by atoms with van der Waals surface area (Å²) in [5, 5.41) is 0. The van der Waals surface area contributed by atoms with Crippen LogP contribution in [0.25, 0.3) is 0 Å². The molecule has 0 aromatic carbocycles. The minimum absolute atomic E-state index is 0. The van der Waals surface area contributed by atoms with Gasteiger partial charge >= 0.3 is 0 Å². The van der Waals surface area contributed by atoms with E-state index in [4.69, 9.17) is 0 Å². The second-order valence-corrected chi connectivity index (χ2v) is 0. The van der Waals surface area contributed by atoms with Gasteiger partial charge in [-0.05, 0) is 0 Å². The summed E-state index contributed by atoms with van der Waals surface area (Å²) in [5.74, 6) is 0. The van der Waals surface area contributed by atoms with E-state index in [9.17, 15) is 0 Å². The number of rotatable bonds is 0. The van der Waals surface area contributed by atoms with Crippen molar-refractivity contribution in [2.24, 2.45) is 0 Å². The minimum Gasteiger partial charge on any atom is -1.00 e. The van der Waals surface area contributed by atoms with Crippen molar-refractivity contribution in [1.29, 1.82) is 0 Å². The van der Waals surface area contributed by atoms with E-state index in [-0.39, 0.29) is 184 Å². The molecule has 0 amide bonds. The monoisotopic (exact) mass is 671 g/mol. The van der Waals surface area contributed by atoms with E-state index < -0.39 is 0 Å². The van der Waals surface area contributed by atoms with Gasteiger partial charge in [0.2, 0.25) is 0 Å². The molecule has 0 atom stereocenters. The molecule has 2 radical (unpaired) electrons. The SMILES string of the molecule is [Br-].[Br-].[Br-].[Br-].[Br-].[Cl-].[Cl-].[Cl-].[Cl-].[Cl-].[V].[V]. The maximum atomic E-state index is 0. The normalized spacial score (nSPS) is 0. The molecule has 0 bridgehead atoms. The van der Waals surface area contributed by atoms with Gasteiger partial charge in [-0.25, -0.2) is 0 Å². The van der Waals surface area contributed by atoms with Crippen LogP contribution in [0, 0.1) is 0 Å². The van der Waals surface area contributed by atoms with Gasteiger partial charge in [-0.1, -0.05) is 0 Å². The van der Waals surface area contributed by atoms with Gasteiger partial charge in [0.15, 0.2) is 0 Å². The fourth-order valence-electron chi connectivity index (χ4n) is 0. The van der Waals surface area contributed by atoms with Crippen molar-refractivity contribution in [1.82, 2.24) is 0 Å². The first-order valence-corrected chi connectivity index (χ1v) is 0. The fourth-order valence-corrected chi connectivity index (χ4v) is 0. The number of hydrogen-bond acceptors (Lipinski definition) is 0. The van der Waals surface area contributed by atoms with E-state index in [1.807, 2.05) is 0 Å². The summed E-state index contributed by atoms with van der Waals surface area (Å²) in [7, 11) is 0. The van der Waals surface area contributed by atoms with Crippen molar-refractivity contribution < 1.29 is 184 Å². The van der Waals surface area contributed by atoms with Crippen LogP contribution in [0.3, 0.4) is 0 Å². The predicted octanol–water partition coefficient (Wildman–Crippen LogP) is -30.0. The molecule has 90 valence electrons. The molecule has 0 fully saturated rings. The van der Waals surface area contributed by atoms with Gasteiger partial charge in [-0.3, -0.25) is 0 Å². The fraction of sp³-hybridized carbons (Fsp3) is 0. The largest absolute Gasteiger partial charge is 1.00 e. The summed E-state index contributed by atoms with van der Waals surface area (Å²) < 4.78 is 0. The molecule has 0 aromatic heterocycles. The number of halogens is 10. The van der Waals surface area contributed by atoms with Gasteiger partial charge in [0, 0.05) is 37.1 Å². The van der Waals surface area contributed by atoms with Crippen LogP contribution in [0.1, 0.15) is 0 Å². The summed E-state index contributed by atoms with van der Waals surface area (Å²) in [6.45, 7) is 0. The Morgan fingerprint density at radius 2 is 0.250 bits per heavy atom. The molecule has 0 N–H and O–H groups in total. The maximum Gasteiger partial charge on any atom is 0 e. The van der Waals surface area contributed by atoms with Crippen LogP contribution < -0.4 is 147 Å².